The summed E-state index contributed by atoms with van der Waals surface area (Å²) in [7, 11) is 0. The second kappa shape index (κ2) is 6.16. The molecule has 1 unspecified atom stereocenters. The van der Waals surface area contributed by atoms with E-state index < -0.39 is 0 Å². The van der Waals surface area contributed by atoms with Crippen LogP contribution in [0.2, 0.25) is 0 Å². The Morgan fingerprint density at radius 3 is 2.94 bits per heavy atom. The summed E-state index contributed by atoms with van der Waals surface area (Å²) in [6.07, 6.45) is 9.91. The van der Waals surface area contributed by atoms with E-state index in [1.54, 1.807) is 6.20 Å². The van der Waals surface area contributed by atoms with E-state index in [1.807, 2.05) is 6.20 Å². The van der Waals surface area contributed by atoms with Crippen LogP contribution in [0.25, 0.3) is 0 Å². The van der Waals surface area contributed by atoms with Crippen LogP contribution in [0.3, 0.4) is 0 Å². The van der Waals surface area contributed by atoms with Crippen LogP contribution in [0, 0.1) is 0 Å². The van der Waals surface area contributed by atoms with Crippen molar-refractivity contribution in [2.45, 2.75) is 32.4 Å². The van der Waals surface area contributed by atoms with E-state index in [0.717, 1.165) is 23.9 Å². The van der Waals surface area contributed by atoms with Gasteiger partial charge in [0.1, 0.15) is 0 Å². The maximum absolute atomic E-state index is 5.96. The Kier molecular flexibility index (Phi) is 4.55. The SMILES string of the molecule is CCC(N)Cc1ccn(Cc2cncc(Br)c2)c1. The summed E-state index contributed by atoms with van der Waals surface area (Å²) in [6.45, 7) is 2.96. The zero-order chi connectivity index (χ0) is 13.0. The van der Waals surface area contributed by atoms with Crippen LogP contribution in [-0.4, -0.2) is 15.6 Å². The lowest BCUT2D eigenvalue weighted by Gasteiger charge is -2.06. The molecule has 3 nitrogen and oxygen atoms in total. The molecule has 0 aliphatic heterocycles. The van der Waals surface area contributed by atoms with Crippen molar-refractivity contribution in [1.29, 1.82) is 0 Å². The van der Waals surface area contributed by atoms with Crippen molar-refractivity contribution in [2.75, 3.05) is 0 Å². The molecule has 1 atom stereocenters. The predicted octanol–water partition coefficient (Wildman–Crippen LogP) is 2.97. The lowest BCUT2D eigenvalue weighted by atomic mass is 10.1. The van der Waals surface area contributed by atoms with Crippen LogP contribution in [0.4, 0.5) is 0 Å². The van der Waals surface area contributed by atoms with Crippen LogP contribution >= 0.6 is 15.9 Å². The Morgan fingerprint density at radius 1 is 1.39 bits per heavy atom. The predicted molar refractivity (Wildman–Crippen MR) is 77.4 cm³/mol. The largest absolute Gasteiger partial charge is 0.350 e. The summed E-state index contributed by atoms with van der Waals surface area (Å²) in [5.74, 6) is 0. The van der Waals surface area contributed by atoms with Crippen LogP contribution in [-0.2, 0) is 13.0 Å². The molecule has 0 bridgehead atoms. The summed E-state index contributed by atoms with van der Waals surface area (Å²) in [4.78, 5) is 4.17. The first-order valence-electron chi connectivity index (χ1n) is 6.17. The second-order valence-corrected chi connectivity index (χ2v) is 5.49. The molecule has 4 heteroatoms. The van der Waals surface area contributed by atoms with Crippen molar-refractivity contribution in [3.8, 4) is 0 Å². The quantitative estimate of drug-likeness (QED) is 0.923. The summed E-state index contributed by atoms with van der Waals surface area (Å²) in [5, 5.41) is 0. The number of pyridine rings is 1. The number of nitrogens with two attached hydrogens (primary N) is 1. The van der Waals surface area contributed by atoms with Crippen molar-refractivity contribution in [1.82, 2.24) is 9.55 Å². The Labute approximate surface area is 116 Å². The molecule has 2 aromatic rings. The van der Waals surface area contributed by atoms with E-state index in [1.165, 1.54) is 11.1 Å². The molecule has 0 aromatic carbocycles. The standard InChI is InChI=1S/C14H18BrN3/c1-2-14(16)6-11-3-4-18(9-11)10-12-5-13(15)8-17-7-12/h3-5,7-9,14H,2,6,10,16H2,1H3. The molecule has 0 saturated carbocycles. The Hall–Kier alpha value is -1.13. The first-order valence-corrected chi connectivity index (χ1v) is 6.96. The van der Waals surface area contributed by atoms with Gasteiger partial charge in [0.15, 0.2) is 0 Å². The maximum atomic E-state index is 5.96. The molecule has 2 rings (SSSR count). The summed E-state index contributed by atoms with van der Waals surface area (Å²) in [6, 6.07) is 4.49. The molecule has 96 valence electrons. The number of rotatable bonds is 5. The van der Waals surface area contributed by atoms with E-state index in [2.05, 4.69) is 56.9 Å². The van der Waals surface area contributed by atoms with Gasteiger partial charge in [0, 0.05) is 41.8 Å². The van der Waals surface area contributed by atoms with Gasteiger partial charge in [-0.05, 0) is 52.0 Å². The molecule has 0 aliphatic carbocycles. The van der Waals surface area contributed by atoms with Gasteiger partial charge >= 0.3 is 0 Å². The Balaban J connectivity index is 2.02. The maximum Gasteiger partial charge on any atom is 0.0485 e. The molecule has 0 aliphatic rings. The highest BCUT2D eigenvalue weighted by atomic mass is 79.9. The Bertz CT molecular complexity index is 507. The minimum atomic E-state index is 0.258. The third-order valence-electron chi connectivity index (χ3n) is 2.96. The molecule has 0 radical (unpaired) electrons. The van der Waals surface area contributed by atoms with Crippen molar-refractivity contribution >= 4 is 15.9 Å². The number of nitrogens with zero attached hydrogens (tertiary/aromatic N) is 2. The number of hydrogen-bond acceptors (Lipinski definition) is 2. The smallest absolute Gasteiger partial charge is 0.0485 e. The van der Waals surface area contributed by atoms with Crippen molar-refractivity contribution in [3.05, 3.63) is 52.5 Å². The third-order valence-corrected chi connectivity index (χ3v) is 3.39. The first-order chi connectivity index (χ1) is 8.67. The highest BCUT2D eigenvalue weighted by molar-refractivity contribution is 9.10. The topological polar surface area (TPSA) is 43.8 Å². The average Bonchev–Trinajstić information content (AvgIpc) is 2.76. The normalized spacial score (nSPS) is 12.6. The van der Waals surface area contributed by atoms with Gasteiger partial charge < -0.3 is 10.3 Å². The molecule has 18 heavy (non-hydrogen) atoms. The second-order valence-electron chi connectivity index (χ2n) is 4.58. The van der Waals surface area contributed by atoms with Gasteiger partial charge in [0.2, 0.25) is 0 Å². The lowest BCUT2D eigenvalue weighted by molar-refractivity contribution is 0.645. The fourth-order valence-electron chi connectivity index (χ4n) is 1.91. The molecule has 0 saturated heterocycles. The van der Waals surface area contributed by atoms with Crippen LogP contribution < -0.4 is 5.73 Å². The summed E-state index contributed by atoms with van der Waals surface area (Å²) in [5.41, 5.74) is 8.45. The van der Waals surface area contributed by atoms with E-state index in [4.69, 9.17) is 5.73 Å². The number of hydrogen-bond donors (Lipinski definition) is 1. The van der Waals surface area contributed by atoms with Crippen LogP contribution in [0.5, 0.6) is 0 Å². The van der Waals surface area contributed by atoms with Gasteiger partial charge in [-0.25, -0.2) is 0 Å². The first kappa shape index (κ1) is 13.3. The third kappa shape index (κ3) is 3.68. The zero-order valence-corrected chi connectivity index (χ0v) is 12.1. The molecular weight excluding hydrogens is 290 g/mol. The van der Waals surface area contributed by atoms with Gasteiger partial charge in [-0.15, -0.1) is 0 Å². The van der Waals surface area contributed by atoms with Gasteiger partial charge in [-0.3, -0.25) is 4.98 Å². The van der Waals surface area contributed by atoms with Gasteiger partial charge in [0.25, 0.3) is 0 Å². The molecule has 2 aromatic heterocycles. The fourth-order valence-corrected chi connectivity index (χ4v) is 2.32. The van der Waals surface area contributed by atoms with E-state index in [9.17, 15) is 0 Å². The van der Waals surface area contributed by atoms with Gasteiger partial charge in [0.05, 0.1) is 0 Å². The lowest BCUT2D eigenvalue weighted by Crippen LogP contribution is -2.21. The molecule has 0 spiro atoms. The molecule has 0 fully saturated rings. The number of halogens is 1. The molecular formula is C14H18BrN3. The van der Waals surface area contributed by atoms with Crippen molar-refractivity contribution in [2.24, 2.45) is 5.73 Å². The number of aromatic nitrogens is 2. The molecule has 0 amide bonds. The monoisotopic (exact) mass is 307 g/mol. The minimum absolute atomic E-state index is 0.258. The summed E-state index contributed by atoms with van der Waals surface area (Å²) < 4.78 is 3.18. The molecule has 2 N–H and O–H groups in total. The minimum Gasteiger partial charge on any atom is -0.350 e. The van der Waals surface area contributed by atoms with Crippen molar-refractivity contribution < 1.29 is 0 Å². The van der Waals surface area contributed by atoms with Crippen molar-refractivity contribution in [3.63, 3.8) is 0 Å². The van der Waals surface area contributed by atoms with Gasteiger partial charge in [-0.2, -0.15) is 0 Å². The van der Waals surface area contributed by atoms with Gasteiger partial charge in [-0.1, -0.05) is 6.92 Å². The van der Waals surface area contributed by atoms with Crippen LogP contribution in [0.15, 0.2) is 41.4 Å². The van der Waals surface area contributed by atoms with E-state index in [0.29, 0.717) is 0 Å². The Morgan fingerprint density at radius 2 is 2.22 bits per heavy atom. The highest BCUT2D eigenvalue weighted by Gasteiger charge is 2.03. The fraction of sp³-hybridized carbons (Fsp3) is 0.357. The zero-order valence-electron chi connectivity index (χ0n) is 10.5. The average molecular weight is 308 g/mol. The summed E-state index contributed by atoms with van der Waals surface area (Å²) >= 11 is 3.43. The van der Waals surface area contributed by atoms with E-state index in [-0.39, 0.29) is 6.04 Å². The van der Waals surface area contributed by atoms with E-state index >= 15 is 0 Å². The van der Waals surface area contributed by atoms with Crippen LogP contribution in [0.1, 0.15) is 24.5 Å². The highest BCUT2D eigenvalue weighted by Crippen LogP contribution is 2.12. The molecule has 2 heterocycles.